The normalized spacial score (nSPS) is 13.9. The van der Waals surface area contributed by atoms with Crippen LogP contribution in [-0.4, -0.2) is 56.0 Å². The Morgan fingerprint density at radius 1 is 1.40 bits per heavy atom. The maximum Gasteiger partial charge on any atom is 0.306 e. The molecule has 0 heterocycles. The van der Waals surface area contributed by atoms with Crippen LogP contribution in [0.3, 0.4) is 0 Å². The lowest BCUT2D eigenvalue weighted by atomic mass is 10.2. The molecule has 0 aliphatic heterocycles. The molecule has 0 spiro atoms. The molecule has 0 rings (SSSR count). The van der Waals surface area contributed by atoms with Gasteiger partial charge in [-0.25, -0.2) is 0 Å². The molecule has 0 aromatic heterocycles. The standard InChI is InChI=1S/C11H23NO3/c1-5-6-7-15-10(8-11(13)14)9-12(2,3)4/h10H,5-9H2,1-4H3/p+1/t10-/m1/s1. The smallest absolute Gasteiger partial charge is 0.306 e. The van der Waals surface area contributed by atoms with E-state index in [4.69, 9.17) is 9.84 Å². The van der Waals surface area contributed by atoms with Gasteiger partial charge in [0.1, 0.15) is 12.6 Å². The van der Waals surface area contributed by atoms with Crippen molar-refractivity contribution in [2.45, 2.75) is 32.3 Å². The summed E-state index contributed by atoms with van der Waals surface area (Å²) in [5.74, 6) is -0.787. The number of quaternary nitrogens is 1. The number of nitrogens with zero attached hydrogens (tertiary/aromatic N) is 1. The van der Waals surface area contributed by atoms with Gasteiger partial charge < -0.3 is 14.3 Å². The summed E-state index contributed by atoms with van der Waals surface area (Å²) >= 11 is 0. The lowest BCUT2D eigenvalue weighted by Crippen LogP contribution is -2.43. The topological polar surface area (TPSA) is 46.5 Å². The average molecular weight is 218 g/mol. The molecule has 0 aromatic carbocycles. The fourth-order valence-electron chi connectivity index (χ4n) is 1.38. The minimum absolute atomic E-state index is 0.0965. The Morgan fingerprint density at radius 2 is 2.00 bits per heavy atom. The highest BCUT2D eigenvalue weighted by atomic mass is 16.5. The van der Waals surface area contributed by atoms with Crippen molar-refractivity contribution < 1.29 is 19.1 Å². The van der Waals surface area contributed by atoms with Crippen LogP contribution in [0.25, 0.3) is 0 Å². The van der Waals surface area contributed by atoms with Crippen molar-refractivity contribution in [3.63, 3.8) is 0 Å². The van der Waals surface area contributed by atoms with Crippen LogP contribution in [0, 0.1) is 0 Å². The van der Waals surface area contributed by atoms with Crippen LogP contribution in [0.2, 0.25) is 0 Å². The Labute approximate surface area is 92.4 Å². The molecule has 0 aromatic rings. The number of carboxylic acids is 1. The molecule has 0 unspecified atom stereocenters. The van der Waals surface area contributed by atoms with Gasteiger partial charge >= 0.3 is 5.97 Å². The van der Waals surface area contributed by atoms with Crippen molar-refractivity contribution in [3.05, 3.63) is 0 Å². The van der Waals surface area contributed by atoms with Gasteiger partial charge in [0.25, 0.3) is 0 Å². The number of likely N-dealkylation sites (N-methyl/N-ethyl adjacent to an activating group) is 1. The molecule has 0 amide bonds. The van der Waals surface area contributed by atoms with Crippen molar-refractivity contribution in [1.29, 1.82) is 0 Å². The van der Waals surface area contributed by atoms with E-state index >= 15 is 0 Å². The summed E-state index contributed by atoms with van der Waals surface area (Å²) in [6.45, 7) is 3.49. The van der Waals surface area contributed by atoms with E-state index in [2.05, 4.69) is 6.92 Å². The van der Waals surface area contributed by atoms with Crippen molar-refractivity contribution in [3.8, 4) is 0 Å². The quantitative estimate of drug-likeness (QED) is 0.494. The van der Waals surface area contributed by atoms with E-state index in [0.29, 0.717) is 6.61 Å². The van der Waals surface area contributed by atoms with E-state index in [-0.39, 0.29) is 12.5 Å². The van der Waals surface area contributed by atoms with Gasteiger partial charge in [-0.3, -0.25) is 4.79 Å². The van der Waals surface area contributed by atoms with Crippen molar-refractivity contribution in [2.24, 2.45) is 0 Å². The highest BCUT2D eigenvalue weighted by Gasteiger charge is 2.21. The van der Waals surface area contributed by atoms with Crippen LogP contribution < -0.4 is 0 Å². The molecule has 4 heteroatoms. The Hall–Kier alpha value is -0.610. The zero-order valence-corrected chi connectivity index (χ0v) is 10.3. The first-order valence-electron chi connectivity index (χ1n) is 5.49. The number of hydrogen-bond acceptors (Lipinski definition) is 2. The van der Waals surface area contributed by atoms with Gasteiger partial charge in [-0.15, -0.1) is 0 Å². The monoisotopic (exact) mass is 218 g/mol. The summed E-state index contributed by atoms with van der Waals surface area (Å²) in [5.41, 5.74) is 0. The molecule has 0 saturated heterocycles. The molecular formula is C11H24NO3+. The van der Waals surface area contributed by atoms with Gasteiger partial charge in [0.2, 0.25) is 0 Å². The van der Waals surface area contributed by atoms with Crippen LogP contribution in [0.4, 0.5) is 0 Å². The maximum atomic E-state index is 10.6. The molecule has 0 aliphatic rings. The second-order valence-electron chi connectivity index (χ2n) is 4.92. The lowest BCUT2D eigenvalue weighted by Gasteiger charge is -2.28. The van der Waals surface area contributed by atoms with E-state index in [9.17, 15) is 4.79 Å². The third-order valence-electron chi connectivity index (χ3n) is 2.01. The minimum Gasteiger partial charge on any atom is -0.481 e. The van der Waals surface area contributed by atoms with Crippen molar-refractivity contribution in [2.75, 3.05) is 34.3 Å². The molecular weight excluding hydrogens is 194 g/mol. The van der Waals surface area contributed by atoms with Gasteiger partial charge in [-0.05, 0) is 6.42 Å². The summed E-state index contributed by atoms with van der Waals surface area (Å²) in [5, 5.41) is 8.75. The SMILES string of the molecule is CCCCO[C@H](CC(=O)O)C[N+](C)(C)C. The molecule has 0 bridgehead atoms. The van der Waals surface area contributed by atoms with Gasteiger partial charge in [0.05, 0.1) is 27.6 Å². The van der Waals surface area contributed by atoms with Gasteiger partial charge in [0.15, 0.2) is 0 Å². The fourth-order valence-corrected chi connectivity index (χ4v) is 1.38. The van der Waals surface area contributed by atoms with Crippen molar-refractivity contribution >= 4 is 5.97 Å². The number of unbranched alkanes of at least 4 members (excludes halogenated alkanes) is 1. The molecule has 15 heavy (non-hydrogen) atoms. The zero-order valence-electron chi connectivity index (χ0n) is 10.3. The molecule has 1 atom stereocenters. The number of aliphatic carboxylic acids is 1. The van der Waals surface area contributed by atoms with E-state index in [0.717, 1.165) is 23.9 Å². The molecule has 4 nitrogen and oxygen atoms in total. The van der Waals surface area contributed by atoms with E-state index in [1.165, 1.54) is 0 Å². The first-order chi connectivity index (χ1) is 6.85. The molecule has 0 radical (unpaired) electrons. The van der Waals surface area contributed by atoms with Crippen LogP contribution >= 0.6 is 0 Å². The largest absolute Gasteiger partial charge is 0.481 e. The highest BCUT2D eigenvalue weighted by Crippen LogP contribution is 2.05. The first-order valence-corrected chi connectivity index (χ1v) is 5.49. The van der Waals surface area contributed by atoms with E-state index in [1.54, 1.807) is 0 Å². The summed E-state index contributed by atoms with van der Waals surface area (Å²) in [6.07, 6.45) is 1.99. The zero-order chi connectivity index (χ0) is 11.9. The summed E-state index contributed by atoms with van der Waals surface area (Å²) in [6, 6.07) is 0. The van der Waals surface area contributed by atoms with Crippen LogP contribution in [0.5, 0.6) is 0 Å². The van der Waals surface area contributed by atoms with Crippen LogP contribution in [-0.2, 0) is 9.53 Å². The number of ether oxygens (including phenoxy) is 1. The predicted molar refractivity (Wildman–Crippen MR) is 59.8 cm³/mol. The Bertz CT molecular complexity index is 187. The first kappa shape index (κ1) is 14.4. The Balaban J connectivity index is 4.01. The second-order valence-corrected chi connectivity index (χ2v) is 4.92. The van der Waals surface area contributed by atoms with Gasteiger partial charge in [-0.2, -0.15) is 0 Å². The third kappa shape index (κ3) is 9.69. The molecule has 0 aliphatic carbocycles. The second kappa shape index (κ2) is 6.80. The highest BCUT2D eigenvalue weighted by molar-refractivity contribution is 5.67. The van der Waals surface area contributed by atoms with Gasteiger partial charge in [-0.1, -0.05) is 13.3 Å². The van der Waals surface area contributed by atoms with Crippen molar-refractivity contribution in [1.82, 2.24) is 0 Å². The molecule has 0 fully saturated rings. The lowest BCUT2D eigenvalue weighted by molar-refractivity contribution is -0.873. The number of carbonyl (C=O) groups is 1. The number of rotatable bonds is 8. The summed E-state index contributed by atoms with van der Waals surface area (Å²) in [7, 11) is 6.12. The van der Waals surface area contributed by atoms with Crippen LogP contribution in [0.15, 0.2) is 0 Å². The Morgan fingerprint density at radius 3 is 2.40 bits per heavy atom. The fraction of sp³-hybridized carbons (Fsp3) is 0.909. The Kier molecular flexibility index (Phi) is 6.52. The van der Waals surface area contributed by atoms with E-state index in [1.807, 2.05) is 21.1 Å². The predicted octanol–water partition coefficient (Wildman–Crippen LogP) is 1.35. The third-order valence-corrected chi connectivity index (χ3v) is 2.01. The molecule has 0 saturated carbocycles. The summed E-state index contributed by atoms with van der Waals surface area (Å²) in [4.78, 5) is 10.6. The average Bonchev–Trinajstić information content (AvgIpc) is 2.00. The summed E-state index contributed by atoms with van der Waals surface area (Å²) < 4.78 is 6.30. The van der Waals surface area contributed by atoms with E-state index < -0.39 is 5.97 Å². The number of carboxylic acid groups (broad SMARTS) is 1. The van der Waals surface area contributed by atoms with Gasteiger partial charge in [0, 0.05) is 6.61 Å². The molecule has 1 N–H and O–H groups in total. The molecule has 90 valence electrons. The van der Waals surface area contributed by atoms with Crippen LogP contribution in [0.1, 0.15) is 26.2 Å². The minimum atomic E-state index is -0.787. The number of hydrogen-bond donors (Lipinski definition) is 1. The maximum absolute atomic E-state index is 10.6.